The van der Waals surface area contributed by atoms with Crippen LogP contribution in [0.4, 0.5) is 5.69 Å². The van der Waals surface area contributed by atoms with Crippen molar-refractivity contribution in [2.75, 3.05) is 5.32 Å². The van der Waals surface area contributed by atoms with Gasteiger partial charge in [0, 0.05) is 16.6 Å². The fraction of sp³-hybridized carbons (Fsp3) is 0.0588. The first kappa shape index (κ1) is 11.9. The summed E-state index contributed by atoms with van der Waals surface area (Å²) >= 11 is 0. The second kappa shape index (κ2) is 4.31. The van der Waals surface area contributed by atoms with Crippen molar-refractivity contribution in [1.82, 2.24) is 10.2 Å². The molecule has 0 atom stereocenters. The quantitative estimate of drug-likeness (QED) is 0.668. The molecule has 2 heterocycles. The summed E-state index contributed by atoms with van der Waals surface area (Å²) in [5.41, 5.74) is 5.54. The minimum Gasteiger partial charge on any atom is -0.321 e. The zero-order chi connectivity index (χ0) is 14.4. The van der Waals surface area contributed by atoms with Crippen molar-refractivity contribution in [2.24, 2.45) is 0 Å². The topological polar surface area (TPSA) is 57.8 Å². The third kappa shape index (κ3) is 1.76. The van der Waals surface area contributed by atoms with Gasteiger partial charge in [-0.05, 0) is 30.2 Å². The summed E-state index contributed by atoms with van der Waals surface area (Å²) < 4.78 is 0. The zero-order valence-corrected chi connectivity index (χ0v) is 11.5. The molecule has 0 spiro atoms. The predicted molar refractivity (Wildman–Crippen MR) is 83.7 cm³/mol. The number of rotatable bonds is 1. The van der Waals surface area contributed by atoms with Gasteiger partial charge in [-0.25, -0.2) is 0 Å². The Labute approximate surface area is 121 Å². The predicted octanol–water partition coefficient (Wildman–Crippen LogP) is 3.45. The Morgan fingerprint density at radius 1 is 1.14 bits per heavy atom. The maximum absolute atomic E-state index is 12.3. The summed E-state index contributed by atoms with van der Waals surface area (Å²) in [5.74, 6) is -0.0431. The van der Waals surface area contributed by atoms with Crippen LogP contribution < -0.4 is 5.32 Å². The average Bonchev–Trinajstić information content (AvgIpc) is 3.08. The molecule has 1 aliphatic rings. The summed E-state index contributed by atoms with van der Waals surface area (Å²) in [6, 6.07) is 13.8. The number of allylic oxidation sites excluding steroid dienone is 1. The summed E-state index contributed by atoms with van der Waals surface area (Å²) in [7, 11) is 0. The average molecular weight is 275 g/mol. The maximum atomic E-state index is 12.3. The highest BCUT2D eigenvalue weighted by molar-refractivity contribution is 6.36. The van der Waals surface area contributed by atoms with Gasteiger partial charge in [-0.1, -0.05) is 30.3 Å². The van der Waals surface area contributed by atoms with Gasteiger partial charge in [-0.2, -0.15) is 5.10 Å². The van der Waals surface area contributed by atoms with Gasteiger partial charge in [-0.3, -0.25) is 9.89 Å². The van der Waals surface area contributed by atoms with Crippen LogP contribution >= 0.6 is 0 Å². The van der Waals surface area contributed by atoms with E-state index < -0.39 is 0 Å². The van der Waals surface area contributed by atoms with E-state index in [1.807, 2.05) is 49.4 Å². The fourth-order valence-electron chi connectivity index (χ4n) is 2.80. The van der Waals surface area contributed by atoms with E-state index in [1.54, 1.807) is 6.20 Å². The van der Waals surface area contributed by atoms with Crippen LogP contribution in [0.2, 0.25) is 0 Å². The minimum atomic E-state index is -0.0431. The summed E-state index contributed by atoms with van der Waals surface area (Å²) in [4.78, 5) is 12.3. The normalized spacial score (nSPS) is 16.0. The van der Waals surface area contributed by atoms with Crippen LogP contribution in [0.15, 0.2) is 48.7 Å². The molecule has 0 saturated heterocycles. The van der Waals surface area contributed by atoms with Crippen molar-refractivity contribution < 1.29 is 4.79 Å². The van der Waals surface area contributed by atoms with Gasteiger partial charge in [0.05, 0.1) is 17.3 Å². The van der Waals surface area contributed by atoms with Crippen molar-refractivity contribution in [1.29, 1.82) is 0 Å². The van der Waals surface area contributed by atoms with Crippen molar-refractivity contribution in [3.63, 3.8) is 0 Å². The Morgan fingerprint density at radius 2 is 2.00 bits per heavy atom. The molecule has 0 aliphatic carbocycles. The smallest absolute Gasteiger partial charge is 0.256 e. The number of hydrogen-bond donors (Lipinski definition) is 2. The van der Waals surface area contributed by atoms with Crippen LogP contribution in [0.25, 0.3) is 22.0 Å². The second-order valence-electron chi connectivity index (χ2n) is 5.17. The van der Waals surface area contributed by atoms with E-state index in [-0.39, 0.29) is 5.91 Å². The number of carbonyl (C=O) groups excluding carboxylic acids is 1. The molecule has 0 radical (unpaired) electrons. The van der Waals surface area contributed by atoms with Gasteiger partial charge >= 0.3 is 0 Å². The lowest BCUT2D eigenvalue weighted by Gasteiger charge is -2.06. The molecular weight excluding hydrogens is 262 g/mol. The third-order valence-corrected chi connectivity index (χ3v) is 3.92. The molecule has 0 fully saturated rings. The first-order valence-electron chi connectivity index (χ1n) is 6.79. The van der Waals surface area contributed by atoms with E-state index in [0.29, 0.717) is 0 Å². The van der Waals surface area contributed by atoms with Crippen LogP contribution in [-0.4, -0.2) is 16.1 Å². The number of amides is 1. The SMILES string of the molecule is CC(=C1C(=O)Nc2ccccc21)c1ccc2cn[nH]c2c1. The van der Waals surface area contributed by atoms with Crippen LogP contribution in [-0.2, 0) is 4.79 Å². The molecule has 3 aromatic rings. The number of carbonyl (C=O) groups is 1. The molecule has 4 nitrogen and oxygen atoms in total. The van der Waals surface area contributed by atoms with Crippen LogP contribution in [0, 0.1) is 0 Å². The number of para-hydroxylation sites is 1. The van der Waals surface area contributed by atoms with E-state index in [1.165, 1.54) is 0 Å². The van der Waals surface area contributed by atoms with E-state index in [2.05, 4.69) is 15.5 Å². The van der Waals surface area contributed by atoms with Gasteiger partial charge in [-0.15, -0.1) is 0 Å². The van der Waals surface area contributed by atoms with Crippen LogP contribution in [0.5, 0.6) is 0 Å². The zero-order valence-electron chi connectivity index (χ0n) is 11.5. The first-order valence-corrected chi connectivity index (χ1v) is 6.79. The molecule has 102 valence electrons. The van der Waals surface area contributed by atoms with Gasteiger partial charge in [0.2, 0.25) is 0 Å². The number of aromatic nitrogens is 2. The molecule has 1 amide bonds. The van der Waals surface area contributed by atoms with Gasteiger partial charge in [0.1, 0.15) is 0 Å². The number of fused-ring (bicyclic) bond motifs is 2. The summed E-state index contributed by atoms with van der Waals surface area (Å²) in [5, 5.41) is 11.0. The largest absolute Gasteiger partial charge is 0.321 e. The molecular formula is C17H13N3O. The maximum Gasteiger partial charge on any atom is 0.256 e. The minimum absolute atomic E-state index is 0.0431. The number of nitrogens with one attached hydrogen (secondary N) is 2. The summed E-state index contributed by atoms with van der Waals surface area (Å²) in [6.45, 7) is 1.98. The van der Waals surface area contributed by atoms with Crippen LogP contribution in [0.1, 0.15) is 18.1 Å². The van der Waals surface area contributed by atoms with Gasteiger partial charge in [0.15, 0.2) is 0 Å². The molecule has 4 rings (SSSR count). The molecule has 21 heavy (non-hydrogen) atoms. The standard InChI is InChI=1S/C17H13N3O/c1-10(11-6-7-12-9-18-20-15(12)8-11)16-13-4-2-3-5-14(13)19-17(16)21/h2-9H,1H3,(H,18,20)(H,19,21). The highest BCUT2D eigenvalue weighted by Crippen LogP contribution is 2.36. The molecule has 0 unspecified atom stereocenters. The van der Waals surface area contributed by atoms with Crippen molar-refractivity contribution in [3.05, 3.63) is 59.8 Å². The Bertz CT molecular complexity index is 905. The van der Waals surface area contributed by atoms with Crippen molar-refractivity contribution >= 4 is 33.6 Å². The number of nitrogens with zero attached hydrogens (tertiary/aromatic N) is 1. The molecule has 2 aromatic carbocycles. The van der Waals surface area contributed by atoms with Gasteiger partial charge < -0.3 is 5.32 Å². The fourth-order valence-corrected chi connectivity index (χ4v) is 2.80. The Kier molecular flexibility index (Phi) is 2.44. The Balaban J connectivity index is 1.93. The van der Waals surface area contributed by atoms with Crippen molar-refractivity contribution in [3.8, 4) is 0 Å². The van der Waals surface area contributed by atoms with Crippen molar-refractivity contribution in [2.45, 2.75) is 6.92 Å². The lowest BCUT2D eigenvalue weighted by molar-refractivity contribution is -0.110. The number of benzene rings is 2. The number of anilines is 1. The highest BCUT2D eigenvalue weighted by Gasteiger charge is 2.25. The number of H-pyrrole nitrogens is 1. The first-order chi connectivity index (χ1) is 10.2. The molecule has 2 N–H and O–H groups in total. The van der Waals surface area contributed by atoms with Gasteiger partial charge in [0.25, 0.3) is 5.91 Å². The molecule has 1 aromatic heterocycles. The number of hydrogen-bond acceptors (Lipinski definition) is 2. The highest BCUT2D eigenvalue weighted by atomic mass is 16.2. The number of aromatic amines is 1. The lowest BCUT2D eigenvalue weighted by Crippen LogP contribution is -2.05. The molecule has 1 aliphatic heterocycles. The molecule has 4 heteroatoms. The molecule has 0 saturated carbocycles. The van der Waals surface area contributed by atoms with E-state index in [9.17, 15) is 4.79 Å². The second-order valence-corrected chi connectivity index (χ2v) is 5.17. The Hall–Kier alpha value is -2.88. The third-order valence-electron chi connectivity index (χ3n) is 3.92. The summed E-state index contributed by atoms with van der Waals surface area (Å²) in [6.07, 6.45) is 1.79. The van der Waals surface area contributed by atoms with E-state index >= 15 is 0 Å². The van der Waals surface area contributed by atoms with E-state index in [0.717, 1.165) is 38.9 Å². The Morgan fingerprint density at radius 3 is 2.90 bits per heavy atom. The lowest BCUT2D eigenvalue weighted by atomic mass is 9.96. The molecule has 0 bridgehead atoms. The van der Waals surface area contributed by atoms with E-state index in [4.69, 9.17) is 0 Å². The van der Waals surface area contributed by atoms with Crippen LogP contribution in [0.3, 0.4) is 0 Å². The monoisotopic (exact) mass is 275 g/mol.